The summed E-state index contributed by atoms with van der Waals surface area (Å²) in [5.41, 5.74) is 1.44. The number of carbonyl (C=O) groups is 1. The summed E-state index contributed by atoms with van der Waals surface area (Å²) < 4.78 is 5.22. The van der Waals surface area contributed by atoms with Gasteiger partial charge >= 0.3 is 6.03 Å². The Hall–Kier alpha value is -2.03. The Morgan fingerprint density at radius 3 is 2.85 bits per heavy atom. The molecule has 2 amide bonds. The number of nitrogens with zero attached hydrogens (tertiary/aromatic N) is 1. The SMILES string of the molecule is O=C(Nc1ccccc1C#CCCO)N1CCOCC1. The zero-order valence-electron chi connectivity index (χ0n) is 11.3. The van der Waals surface area contributed by atoms with Crippen LogP contribution in [0.2, 0.25) is 0 Å². The quantitative estimate of drug-likeness (QED) is 0.799. The van der Waals surface area contributed by atoms with Gasteiger partial charge in [-0.15, -0.1) is 0 Å². The number of morpholine rings is 1. The Labute approximate surface area is 118 Å². The number of hydrogen-bond acceptors (Lipinski definition) is 3. The predicted molar refractivity (Wildman–Crippen MR) is 76.4 cm³/mol. The number of carbonyl (C=O) groups excluding carboxylic acids is 1. The Morgan fingerprint density at radius 2 is 2.10 bits per heavy atom. The molecule has 1 aliphatic rings. The molecule has 1 aliphatic heterocycles. The second-order valence-corrected chi connectivity index (χ2v) is 4.35. The van der Waals surface area contributed by atoms with Crippen LogP contribution in [0.3, 0.4) is 0 Å². The molecule has 0 saturated carbocycles. The van der Waals surface area contributed by atoms with E-state index in [-0.39, 0.29) is 12.6 Å². The Kier molecular flexibility index (Phi) is 5.42. The fraction of sp³-hybridized carbons (Fsp3) is 0.400. The number of amides is 2. The van der Waals surface area contributed by atoms with E-state index in [2.05, 4.69) is 17.2 Å². The third kappa shape index (κ3) is 3.98. The summed E-state index contributed by atoms with van der Waals surface area (Å²) in [5, 5.41) is 11.6. The Morgan fingerprint density at radius 1 is 1.35 bits per heavy atom. The highest BCUT2D eigenvalue weighted by Crippen LogP contribution is 2.14. The van der Waals surface area contributed by atoms with Crippen LogP contribution in [0.25, 0.3) is 0 Å². The normalized spacial score (nSPS) is 14.3. The third-order valence-electron chi connectivity index (χ3n) is 2.93. The summed E-state index contributed by atoms with van der Waals surface area (Å²) in [5.74, 6) is 5.81. The molecule has 5 heteroatoms. The van der Waals surface area contributed by atoms with Crippen LogP contribution in [0.4, 0.5) is 10.5 Å². The molecule has 1 aromatic carbocycles. The van der Waals surface area contributed by atoms with E-state index in [1.54, 1.807) is 4.90 Å². The lowest BCUT2D eigenvalue weighted by molar-refractivity contribution is 0.0564. The minimum absolute atomic E-state index is 0.0370. The number of nitrogens with one attached hydrogen (secondary N) is 1. The summed E-state index contributed by atoms with van der Waals surface area (Å²) in [7, 11) is 0. The Balaban J connectivity index is 2.05. The van der Waals surface area contributed by atoms with E-state index in [0.717, 1.165) is 5.56 Å². The molecule has 1 aromatic rings. The number of ether oxygens (including phenoxy) is 1. The van der Waals surface area contributed by atoms with Crippen molar-refractivity contribution in [2.24, 2.45) is 0 Å². The van der Waals surface area contributed by atoms with Gasteiger partial charge in [-0.25, -0.2) is 4.79 Å². The lowest BCUT2D eigenvalue weighted by Crippen LogP contribution is -2.43. The summed E-state index contributed by atoms with van der Waals surface area (Å²) >= 11 is 0. The van der Waals surface area contributed by atoms with E-state index >= 15 is 0 Å². The molecular formula is C15H18N2O3. The number of anilines is 1. The van der Waals surface area contributed by atoms with Gasteiger partial charge in [-0.05, 0) is 12.1 Å². The predicted octanol–water partition coefficient (Wildman–Crippen LogP) is 1.28. The second kappa shape index (κ2) is 7.53. The van der Waals surface area contributed by atoms with Gasteiger partial charge in [0.25, 0.3) is 0 Å². The number of aliphatic hydroxyl groups excluding tert-OH is 1. The largest absolute Gasteiger partial charge is 0.395 e. The maximum atomic E-state index is 12.1. The van der Waals surface area contributed by atoms with Crippen LogP contribution < -0.4 is 5.32 Å². The number of rotatable bonds is 2. The van der Waals surface area contributed by atoms with Crippen molar-refractivity contribution in [1.82, 2.24) is 4.90 Å². The number of urea groups is 1. The van der Waals surface area contributed by atoms with E-state index in [9.17, 15) is 4.79 Å². The van der Waals surface area contributed by atoms with Crippen LogP contribution in [0.1, 0.15) is 12.0 Å². The summed E-state index contributed by atoms with van der Waals surface area (Å²) in [6.45, 7) is 2.39. The first-order valence-corrected chi connectivity index (χ1v) is 6.63. The highest BCUT2D eigenvalue weighted by atomic mass is 16.5. The fourth-order valence-corrected chi connectivity index (χ4v) is 1.88. The van der Waals surface area contributed by atoms with Gasteiger partial charge in [0.2, 0.25) is 0 Å². The van der Waals surface area contributed by atoms with Crippen LogP contribution in [0.5, 0.6) is 0 Å². The van der Waals surface area contributed by atoms with Gasteiger partial charge < -0.3 is 20.1 Å². The van der Waals surface area contributed by atoms with Crippen molar-refractivity contribution in [3.63, 3.8) is 0 Å². The van der Waals surface area contributed by atoms with E-state index in [1.807, 2.05) is 24.3 Å². The second-order valence-electron chi connectivity index (χ2n) is 4.35. The van der Waals surface area contributed by atoms with Crippen molar-refractivity contribution in [3.8, 4) is 11.8 Å². The maximum absolute atomic E-state index is 12.1. The van der Waals surface area contributed by atoms with Crippen LogP contribution >= 0.6 is 0 Å². The molecular weight excluding hydrogens is 256 g/mol. The molecule has 2 rings (SSSR count). The van der Waals surface area contributed by atoms with Gasteiger partial charge in [-0.2, -0.15) is 0 Å². The number of hydrogen-bond donors (Lipinski definition) is 2. The molecule has 5 nitrogen and oxygen atoms in total. The number of benzene rings is 1. The smallest absolute Gasteiger partial charge is 0.322 e. The van der Waals surface area contributed by atoms with Gasteiger partial charge in [-0.3, -0.25) is 0 Å². The standard InChI is InChI=1S/C15H18N2O3/c18-10-4-3-6-13-5-1-2-7-14(13)16-15(19)17-8-11-20-12-9-17/h1-2,5,7,18H,4,8-12H2,(H,16,19). The summed E-state index contributed by atoms with van der Waals surface area (Å²) in [4.78, 5) is 13.8. The van der Waals surface area contributed by atoms with Gasteiger partial charge in [0.05, 0.1) is 25.5 Å². The maximum Gasteiger partial charge on any atom is 0.322 e. The monoisotopic (exact) mass is 274 g/mol. The molecule has 1 fully saturated rings. The molecule has 20 heavy (non-hydrogen) atoms. The Bertz CT molecular complexity index is 513. The molecule has 0 radical (unpaired) electrons. The molecule has 0 atom stereocenters. The lowest BCUT2D eigenvalue weighted by atomic mass is 10.2. The van der Waals surface area contributed by atoms with E-state index in [1.165, 1.54) is 0 Å². The molecule has 2 N–H and O–H groups in total. The first-order valence-electron chi connectivity index (χ1n) is 6.63. The van der Waals surface area contributed by atoms with Gasteiger partial charge in [0.1, 0.15) is 0 Å². The van der Waals surface area contributed by atoms with Crippen molar-refractivity contribution in [3.05, 3.63) is 29.8 Å². The van der Waals surface area contributed by atoms with E-state index < -0.39 is 0 Å². The van der Waals surface area contributed by atoms with Crippen molar-refractivity contribution in [1.29, 1.82) is 0 Å². The van der Waals surface area contributed by atoms with E-state index in [0.29, 0.717) is 38.4 Å². The average molecular weight is 274 g/mol. The highest BCUT2D eigenvalue weighted by Gasteiger charge is 2.17. The molecule has 0 aromatic heterocycles. The zero-order valence-corrected chi connectivity index (χ0v) is 11.3. The van der Waals surface area contributed by atoms with Gasteiger partial charge in [0.15, 0.2) is 0 Å². The average Bonchev–Trinajstić information content (AvgIpc) is 2.50. The van der Waals surface area contributed by atoms with E-state index in [4.69, 9.17) is 9.84 Å². The van der Waals surface area contributed by atoms with Crippen LogP contribution in [-0.4, -0.2) is 48.9 Å². The van der Waals surface area contributed by atoms with Crippen molar-refractivity contribution >= 4 is 11.7 Å². The highest BCUT2D eigenvalue weighted by molar-refractivity contribution is 5.91. The number of aliphatic hydroxyl groups is 1. The van der Waals surface area contributed by atoms with Gasteiger partial charge in [0, 0.05) is 25.1 Å². The van der Waals surface area contributed by atoms with Crippen molar-refractivity contribution < 1.29 is 14.6 Å². The van der Waals surface area contributed by atoms with Crippen molar-refractivity contribution in [2.45, 2.75) is 6.42 Å². The third-order valence-corrected chi connectivity index (χ3v) is 2.93. The molecule has 0 bridgehead atoms. The molecule has 0 unspecified atom stereocenters. The summed E-state index contributed by atoms with van der Waals surface area (Å²) in [6, 6.07) is 7.25. The van der Waals surface area contributed by atoms with Crippen LogP contribution in [0.15, 0.2) is 24.3 Å². The first kappa shape index (κ1) is 14.4. The minimum Gasteiger partial charge on any atom is -0.395 e. The topological polar surface area (TPSA) is 61.8 Å². The zero-order chi connectivity index (χ0) is 14.2. The molecule has 0 aliphatic carbocycles. The van der Waals surface area contributed by atoms with Crippen molar-refractivity contribution in [2.75, 3.05) is 38.2 Å². The number of para-hydroxylation sites is 1. The van der Waals surface area contributed by atoms with Gasteiger partial charge in [-0.1, -0.05) is 24.0 Å². The molecule has 1 heterocycles. The molecule has 1 saturated heterocycles. The van der Waals surface area contributed by atoms with Crippen LogP contribution in [0, 0.1) is 11.8 Å². The first-order chi connectivity index (χ1) is 9.81. The lowest BCUT2D eigenvalue weighted by Gasteiger charge is -2.27. The fourth-order valence-electron chi connectivity index (χ4n) is 1.88. The molecule has 0 spiro atoms. The summed E-state index contributed by atoms with van der Waals surface area (Å²) in [6.07, 6.45) is 0.422. The minimum atomic E-state index is -0.135. The van der Waals surface area contributed by atoms with Crippen LogP contribution in [-0.2, 0) is 4.74 Å². The molecule has 106 valence electrons.